The number of hydrogen-bond acceptors (Lipinski definition) is 9. The summed E-state index contributed by atoms with van der Waals surface area (Å²) in [6, 6.07) is 11.5. The van der Waals surface area contributed by atoms with E-state index in [-0.39, 0.29) is 71.9 Å². The van der Waals surface area contributed by atoms with Gasteiger partial charge in [-0.05, 0) is 50.5 Å². The first-order valence-corrected chi connectivity index (χ1v) is 12.1. The van der Waals surface area contributed by atoms with Gasteiger partial charge in [-0.2, -0.15) is 0 Å². The number of rotatable bonds is 10. The number of fused-ring (bicyclic) bond motifs is 2. The Balaban J connectivity index is 1.47. The molecule has 2 aromatic carbocycles. The third-order valence-electron chi connectivity index (χ3n) is 5.66. The fourth-order valence-corrected chi connectivity index (χ4v) is 3.97. The fraction of sp³-hybridized carbons (Fsp3) is 0.286. The highest BCUT2D eigenvalue weighted by molar-refractivity contribution is 5.91. The molecule has 0 saturated heterocycles. The molecule has 0 spiro atoms. The lowest BCUT2D eigenvalue weighted by Gasteiger charge is -2.13. The van der Waals surface area contributed by atoms with Crippen molar-refractivity contribution in [2.24, 2.45) is 0 Å². The zero-order chi connectivity index (χ0) is 27.2. The minimum absolute atomic E-state index is 0.0184. The molecule has 38 heavy (non-hydrogen) atoms. The van der Waals surface area contributed by atoms with Gasteiger partial charge in [0, 0.05) is 12.1 Å². The molecule has 0 aliphatic carbocycles. The third-order valence-corrected chi connectivity index (χ3v) is 5.66. The molecule has 0 saturated carbocycles. The Labute approximate surface area is 215 Å². The second-order valence-corrected chi connectivity index (χ2v) is 8.26. The van der Waals surface area contributed by atoms with Crippen LogP contribution in [0.1, 0.15) is 46.9 Å². The van der Waals surface area contributed by atoms with Gasteiger partial charge in [-0.25, -0.2) is 14.0 Å². The van der Waals surface area contributed by atoms with Gasteiger partial charge in [-0.3, -0.25) is 9.59 Å². The molecular formula is C28H25FO9. The van der Waals surface area contributed by atoms with Crippen molar-refractivity contribution in [3.63, 3.8) is 0 Å². The van der Waals surface area contributed by atoms with Crippen molar-refractivity contribution < 1.29 is 37.0 Å². The number of carbonyl (C=O) groups is 2. The van der Waals surface area contributed by atoms with Crippen LogP contribution in [0.3, 0.4) is 0 Å². The van der Waals surface area contributed by atoms with Crippen LogP contribution >= 0.6 is 0 Å². The molecule has 4 rings (SSSR count). The molecule has 2 heterocycles. The zero-order valence-corrected chi connectivity index (χ0v) is 20.8. The normalized spacial score (nSPS) is 11.9. The molecular weight excluding hydrogens is 499 g/mol. The first-order chi connectivity index (χ1) is 18.3. The van der Waals surface area contributed by atoms with E-state index >= 15 is 0 Å². The predicted octanol–water partition coefficient (Wildman–Crippen LogP) is 4.60. The summed E-state index contributed by atoms with van der Waals surface area (Å²) in [5.74, 6) is -1.82. The van der Waals surface area contributed by atoms with Crippen LogP contribution in [0.15, 0.2) is 67.0 Å². The Kier molecular flexibility index (Phi) is 8.20. The molecule has 9 nitrogen and oxygen atoms in total. The van der Waals surface area contributed by atoms with Gasteiger partial charge in [0.2, 0.25) is 11.5 Å². The summed E-state index contributed by atoms with van der Waals surface area (Å²) in [4.78, 5) is 49.2. The molecule has 0 amide bonds. The number of halogens is 1. The predicted molar refractivity (Wildman–Crippen MR) is 136 cm³/mol. The van der Waals surface area contributed by atoms with E-state index in [1.165, 1.54) is 12.1 Å². The lowest BCUT2D eigenvalue weighted by molar-refractivity contribution is 0.0482. The average Bonchev–Trinajstić information content (AvgIpc) is 2.90. The van der Waals surface area contributed by atoms with Gasteiger partial charge in [-0.15, -0.1) is 0 Å². The van der Waals surface area contributed by atoms with Crippen molar-refractivity contribution in [3.05, 3.63) is 86.1 Å². The highest BCUT2D eigenvalue weighted by Crippen LogP contribution is 2.25. The summed E-state index contributed by atoms with van der Waals surface area (Å²) in [6.07, 6.45) is -1.21. The van der Waals surface area contributed by atoms with E-state index in [4.69, 9.17) is 23.0 Å². The summed E-state index contributed by atoms with van der Waals surface area (Å²) < 4.78 is 41.2. The fourth-order valence-electron chi connectivity index (χ4n) is 3.97. The Morgan fingerprint density at radius 2 is 1.39 bits per heavy atom. The monoisotopic (exact) mass is 524 g/mol. The summed E-state index contributed by atoms with van der Waals surface area (Å²) in [6.45, 7) is 3.18. The van der Waals surface area contributed by atoms with Crippen LogP contribution in [0, 0.1) is 0 Å². The van der Waals surface area contributed by atoms with E-state index in [0.29, 0.717) is 5.56 Å². The summed E-state index contributed by atoms with van der Waals surface area (Å²) in [5, 5.41) is 0.342. The van der Waals surface area contributed by atoms with Crippen LogP contribution in [-0.2, 0) is 15.9 Å². The van der Waals surface area contributed by atoms with Crippen LogP contribution in [0.5, 0.6) is 5.75 Å². The van der Waals surface area contributed by atoms with Crippen molar-refractivity contribution in [1.82, 2.24) is 0 Å². The van der Waals surface area contributed by atoms with Crippen molar-refractivity contribution in [3.8, 4) is 5.75 Å². The number of alkyl halides is 1. The lowest BCUT2D eigenvalue weighted by atomic mass is 10.0. The van der Waals surface area contributed by atoms with Crippen LogP contribution in [0.2, 0.25) is 0 Å². The molecule has 0 fully saturated rings. The maximum Gasteiger partial charge on any atom is 0.374 e. The number of esters is 2. The lowest BCUT2D eigenvalue weighted by Crippen LogP contribution is -2.16. The second kappa shape index (κ2) is 11.7. The van der Waals surface area contributed by atoms with Crippen molar-refractivity contribution in [2.75, 3.05) is 19.8 Å². The first kappa shape index (κ1) is 26.6. The SMILES string of the molecule is CCOC(=O)c1cc(=O)c2c(CCC(F)COc3cccc4oc(C(=O)OCC)cc(=O)c34)cccc2o1. The van der Waals surface area contributed by atoms with Gasteiger partial charge in [-0.1, -0.05) is 18.2 Å². The maximum atomic E-state index is 14.8. The molecule has 1 unspecified atom stereocenters. The molecule has 198 valence electrons. The minimum atomic E-state index is -1.43. The number of aryl methyl sites for hydroxylation is 1. The smallest absolute Gasteiger partial charge is 0.374 e. The highest BCUT2D eigenvalue weighted by atomic mass is 19.1. The first-order valence-electron chi connectivity index (χ1n) is 12.1. The van der Waals surface area contributed by atoms with E-state index in [1.807, 2.05) is 0 Å². The molecule has 1 atom stereocenters. The van der Waals surface area contributed by atoms with Crippen molar-refractivity contribution >= 4 is 33.9 Å². The summed E-state index contributed by atoms with van der Waals surface area (Å²) in [7, 11) is 0. The summed E-state index contributed by atoms with van der Waals surface area (Å²) >= 11 is 0. The van der Waals surface area contributed by atoms with Gasteiger partial charge in [0.15, 0.2) is 10.9 Å². The van der Waals surface area contributed by atoms with E-state index in [9.17, 15) is 23.6 Å². The Morgan fingerprint density at radius 3 is 2.00 bits per heavy atom. The Morgan fingerprint density at radius 1 is 0.842 bits per heavy atom. The number of benzene rings is 2. The largest absolute Gasteiger partial charge is 0.490 e. The Hall–Kier alpha value is -4.47. The Bertz CT molecular complexity index is 1480. The van der Waals surface area contributed by atoms with Gasteiger partial charge in [0.05, 0.1) is 18.6 Å². The molecule has 10 heteroatoms. The van der Waals surface area contributed by atoms with Crippen molar-refractivity contribution in [1.29, 1.82) is 0 Å². The van der Waals surface area contributed by atoms with Crippen LogP contribution in [-0.4, -0.2) is 37.9 Å². The average molecular weight is 524 g/mol. The molecule has 4 aromatic rings. The standard InChI is InChI=1S/C28H25FO9/c1-3-34-27(32)23-13-18(30)25-16(7-5-9-21(25)37-23)11-12-17(29)15-36-20-8-6-10-22-26(20)19(31)14-24(38-22)28(33)35-4-2/h5-10,13-14,17H,3-4,11-12,15H2,1-2H3. The van der Waals surface area contributed by atoms with Gasteiger partial charge < -0.3 is 23.0 Å². The second-order valence-electron chi connectivity index (χ2n) is 8.26. The van der Waals surface area contributed by atoms with Gasteiger partial charge in [0.25, 0.3) is 0 Å². The molecule has 2 aromatic heterocycles. The maximum absolute atomic E-state index is 14.8. The van der Waals surface area contributed by atoms with E-state index in [2.05, 4.69) is 0 Å². The molecule has 0 radical (unpaired) electrons. The number of ether oxygens (including phenoxy) is 3. The van der Waals surface area contributed by atoms with Gasteiger partial charge in [0.1, 0.15) is 35.1 Å². The molecule has 0 bridgehead atoms. The third kappa shape index (κ3) is 5.74. The van der Waals surface area contributed by atoms with Crippen LogP contribution in [0.4, 0.5) is 4.39 Å². The van der Waals surface area contributed by atoms with Crippen LogP contribution < -0.4 is 15.6 Å². The molecule has 0 aliphatic rings. The topological polar surface area (TPSA) is 122 Å². The van der Waals surface area contributed by atoms with Crippen molar-refractivity contribution in [2.45, 2.75) is 32.9 Å². The van der Waals surface area contributed by atoms with E-state index in [1.54, 1.807) is 38.1 Å². The number of carbonyl (C=O) groups excluding carboxylic acids is 2. The molecule has 0 N–H and O–H groups in total. The highest BCUT2D eigenvalue weighted by Gasteiger charge is 2.19. The van der Waals surface area contributed by atoms with E-state index in [0.717, 1.165) is 12.1 Å². The molecule has 0 aliphatic heterocycles. The zero-order valence-electron chi connectivity index (χ0n) is 20.8. The van der Waals surface area contributed by atoms with Gasteiger partial charge >= 0.3 is 11.9 Å². The quantitative estimate of drug-likeness (QED) is 0.274. The minimum Gasteiger partial charge on any atom is -0.490 e. The van der Waals surface area contributed by atoms with E-state index < -0.39 is 29.0 Å². The summed E-state index contributed by atoms with van der Waals surface area (Å²) in [5.41, 5.74) is -0.0784. The van der Waals surface area contributed by atoms with Crippen LogP contribution in [0.25, 0.3) is 21.9 Å². The number of hydrogen-bond donors (Lipinski definition) is 0.